The van der Waals surface area contributed by atoms with E-state index in [1.807, 2.05) is 0 Å². The highest BCUT2D eigenvalue weighted by Gasteiger charge is 2.22. The van der Waals surface area contributed by atoms with Gasteiger partial charge in [-0.15, -0.1) is 5.10 Å². The van der Waals surface area contributed by atoms with Crippen LogP contribution >= 0.6 is 11.5 Å². The molecule has 64 valence electrons. The molecule has 0 unspecified atom stereocenters. The third kappa shape index (κ3) is 1.30. The molecule has 1 amide bonds. The van der Waals surface area contributed by atoms with Gasteiger partial charge in [0.1, 0.15) is 0 Å². The molecule has 0 saturated carbocycles. The summed E-state index contributed by atoms with van der Waals surface area (Å²) in [6.45, 7) is 1.26. The summed E-state index contributed by atoms with van der Waals surface area (Å²) in [6, 6.07) is 0. The number of amides is 1. The number of carbonyl (C=O) groups excluding carboxylic acids is 1. The van der Waals surface area contributed by atoms with Gasteiger partial charge in [0.15, 0.2) is 5.69 Å². The van der Waals surface area contributed by atoms with Crippen molar-refractivity contribution in [3.8, 4) is 0 Å². The fourth-order valence-electron chi connectivity index (χ4n) is 0.993. The first-order valence-electron chi connectivity index (χ1n) is 3.60. The van der Waals surface area contributed by atoms with E-state index in [0.29, 0.717) is 18.8 Å². The predicted molar refractivity (Wildman–Crippen MR) is 41.5 cm³/mol. The van der Waals surface area contributed by atoms with Crippen molar-refractivity contribution >= 4 is 17.4 Å². The van der Waals surface area contributed by atoms with Crippen molar-refractivity contribution in [2.75, 3.05) is 13.2 Å². The summed E-state index contributed by atoms with van der Waals surface area (Å²) in [7, 11) is 0. The Morgan fingerprint density at radius 1 is 1.75 bits per heavy atom. The number of hydroxylamine groups is 2. The Kier molecular flexibility index (Phi) is 2.01. The fraction of sp³-hybridized carbons (Fsp3) is 0.500. The lowest BCUT2D eigenvalue weighted by atomic mass is 10.4. The van der Waals surface area contributed by atoms with E-state index in [-0.39, 0.29) is 5.91 Å². The van der Waals surface area contributed by atoms with Crippen molar-refractivity contribution in [1.82, 2.24) is 14.7 Å². The molecular formula is C6H7N3O2S. The molecule has 6 heteroatoms. The van der Waals surface area contributed by atoms with Crippen molar-refractivity contribution < 1.29 is 9.63 Å². The second kappa shape index (κ2) is 3.16. The van der Waals surface area contributed by atoms with Crippen LogP contribution in [0.15, 0.2) is 5.38 Å². The summed E-state index contributed by atoms with van der Waals surface area (Å²) < 4.78 is 3.60. The monoisotopic (exact) mass is 185 g/mol. The number of hydrogen-bond acceptors (Lipinski definition) is 5. The third-order valence-corrected chi connectivity index (χ3v) is 2.06. The van der Waals surface area contributed by atoms with Gasteiger partial charge < -0.3 is 0 Å². The van der Waals surface area contributed by atoms with Gasteiger partial charge in [-0.3, -0.25) is 9.63 Å². The Labute approximate surface area is 73.1 Å². The average molecular weight is 185 g/mol. The molecule has 1 aliphatic rings. The smallest absolute Gasteiger partial charge is 0.271 e. The van der Waals surface area contributed by atoms with E-state index >= 15 is 0 Å². The number of nitrogens with zero attached hydrogens (tertiary/aromatic N) is 3. The van der Waals surface area contributed by atoms with E-state index in [2.05, 4.69) is 9.59 Å². The van der Waals surface area contributed by atoms with Crippen LogP contribution in [-0.2, 0) is 4.84 Å². The largest absolute Gasteiger partial charge is 0.298 e. The maximum absolute atomic E-state index is 11.4. The molecule has 12 heavy (non-hydrogen) atoms. The molecule has 0 spiro atoms. The van der Waals surface area contributed by atoms with Gasteiger partial charge in [-0.2, -0.15) is 0 Å². The van der Waals surface area contributed by atoms with Gasteiger partial charge in [-0.05, 0) is 18.0 Å². The summed E-state index contributed by atoms with van der Waals surface area (Å²) in [5, 5.41) is 6.60. The fourth-order valence-corrected chi connectivity index (χ4v) is 1.42. The average Bonchev–Trinajstić information content (AvgIpc) is 2.77. The van der Waals surface area contributed by atoms with Crippen LogP contribution in [0.5, 0.6) is 0 Å². The first kappa shape index (κ1) is 7.63. The summed E-state index contributed by atoms with van der Waals surface area (Å²) in [5.41, 5.74) is 0.363. The highest BCUT2D eigenvalue weighted by Crippen LogP contribution is 2.09. The number of carbonyl (C=O) groups is 1. The second-order valence-electron chi connectivity index (χ2n) is 2.38. The van der Waals surface area contributed by atoms with Gasteiger partial charge in [-0.25, -0.2) is 5.06 Å². The van der Waals surface area contributed by atoms with Gasteiger partial charge >= 0.3 is 0 Å². The maximum Gasteiger partial charge on any atom is 0.298 e. The zero-order valence-corrected chi connectivity index (χ0v) is 7.08. The molecule has 5 nitrogen and oxygen atoms in total. The van der Waals surface area contributed by atoms with Gasteiger partial charge in [0.05, 0.1) is 13.2 Å². The van der Waals surface area contributed by atoms with Gasteiger partial charge in [0, 0.05) is 5.38 Å². The van der Waals surface area contributed by atoms with Crippen LogP contribution in [-0.4, -0.2) is 33.7 Å². The summed E-state index contributed by atoms with van der Waals surface area (Å²) in [4.78, 5) is 16.5. The number of hydrogen-bond donors (Lipinski definition) is 0. The molecule has 1 fully saturated rings. The zero-order valence-electron chi connectivity index (χ0n) is 6.27. The van der Waals surface area contributed by atoms with Crippen LogP contribution < -0.4 is 0 Å². The van der Waals surface area contributed by atoms with E-state index in [0.717, 1.165) is 18.0 Å². The SMILES string of the molecule is O=C(c1csnn1)N1CCCO1. The molecule has 1 saturated heterocycles. The molecule has 0 radical (unpaired) electrons. The van der Waals surface area contributed by atoms with Crippen LogP contribution in [0, 0.1) is 0 Å². The van der Waals surface area contributed by atoms with Crippen LogP contribution in [0.1, 0.15) is 16.9 Å². The molecule has 1 aliphatic heterocycles. The molecular weight excluding hydrogens is 178 g/mol. The van der Waals surface area contributed by atoms with Gasteiger partial charge in [-0.1, -0.05) is 4.49 Å². The first-order valence-corrected chi connectivity index (χ1v) is 4.43. The highest BCUT2D eigenvalue weighted by molar-refractivity contribution is 7.03. The van der Waals surface area contributed by atoms with Crippen LogP contribution in [0.2, 0.25) is 0 Å². The summed E-state index contributed by atoms with van der Waals surface area (Å²) in [6.07, 6.45) is 0.892. The van der Waals surface area contributed by atoms with Crippen molar-refractivity contribution in [3.63, 3.8) is 0 Å². The molecule has 0 aliphatic carbocycles. The predicted octanol–water partition coefficient (Wildman–Crippen LogP) is 0.316. The lowest BCUT2D eigenvalue weighted by Crippen LogP contribution is -2.26. The Balaban J connectivity index is 2.09. The van der Waals surface area contributed by atoms with Crippen molar-refractivity contribution in [1.29, 1.82) is 0 Å². The van der Waals surface area contributed by atoms with E-state index < -0.39 is 0 Å². The Hall–Kier alpha value is -1.01. The minimum atomic E-state index is -0.193. The Morgan fingerprint density at radius 3 is 3.25 bits per heavy atom. The number of aromatic nitrogens is 2. The molecule has 0 atom stereocenters. The highest BCUT2D eigenvalue weighted by atomic mass is 32.1. The quantitative estimate of drug-likeness (QED) is 0.632. The van der Waals surface area contributed by atoms with Crippen LogP contribution in [0.4, 0.5) is 0 Å². The number of rotatable bonds is 1. The van der Waals surface area contributed by atoms with Crippen molar-refractivity contribution in [2.45, 2.75) is 6.42 Å². The Bertz CT molecular complexity index is 268. The molecule has 0 bridgehead atoms. The maximum atomic E-state index is 11.4. The second-order valence-corrected chi connectivity index (χ2v) is 2.99. The lowest BCUT2D eigenvalue weighted by Gasteiger charge is -2.10. The molecule has 0 aromatic carbocycles. The van der Waals surface area contributed by atoms with Crippen LogP contribution in [0.25, 0.3) is 0 Å². The third-order valence-electron chi connectivity index (χ3n) is 1.56. The molecule has 2 heterocycles. The lowest BCUT2D eigenvalue weighted by molar-refractivity contribution is -0.0771. The van der Waals surface area contributed by atoms with E-state index in [1.165, 1.54) is 5.06 Å². The van der Waals surface area contributed by atoms with E-state index in [4.69, 9.17) is 4.84 Å². The summed E-state index contributed by atoms with van der Waals surface area (Å²) >= 11 is 1.16. The summed E-state index contributed by atoms with van der Waals surface area (Å²) in [5.74, 6) is -0.193. The molecule has 0 N–H and O–H groups in total. The van der Waals surface area contributed by atoms with Crippen molar-refractivity contribution in [2.24, 2.45) is 0 Å². The van der Waals surface area contributed by atoms with E-state index in [1.54, 1.807) is 5.38 Å². The minimum absolute atomic E-state index is 0.193. The standard InChI is InChI=1S/C6H7N3O2S/c10-6(5-4-12-8-7-5)9-2-1-3-11-9/h4H,1-3H2. The van der Waals surface area contributed by atoms with Crippen LogP contribution in [0.3, 0.4) is 0 Å². The first-order chi connectivity index (χ1) is 5.88. The van der Waals surface area contributed by atoms with Gasteiger partial charge in [0.2, 0.25) is 0 Å². The van der Waals surface area contributed by atoms with Crippen molar-refractivity contribution in [3.05, 3.63) is 11.1 Å². The van der Waals surface area contributed by atoms with Gasteiger partial charge in [0.25, 0.3) is 5.91 Å². The molecule has 1 aromatic rings. The Morgan fingerprint density at radius 2 is 2.67 bits per heavy atom. The zero-order chi connectivity index (χ0) is 8.39. The van der Waals surface area contributed by atoms with E-state index in [9.17, 15) is 4.79 Å². The molecule has 1 aromatic heterocycles. The minimum Gasteiger partial charge on any atom is -0.271 e. The molecule has 2 rings (SSSR count). The normalized spacial score (nSPS) is 16.8. The topological polar surface area (TPSA) is 55.3 Å².